The summed E-state index contributed by atoms with van der Waals surface area (Å²) in [5.41, 5.74) is 0. The Kier molecular flexibility index (Phi) is 9.78. The summed E-state index contributed by atoms with van der Waals surface area (Å²) in [4.78, 5) is 16.9. The van der Waals surface area contributed by atoms with Crippen molar-refractivity contribution < 1.29 is 9.53 Å². The minimum absolute atomic E-state index is 0. The Bertz CT molecular complexity index is 340. The Morgan fingerprint density at radius 2 is 1.87 bits per heavy atom. The van der Waals surface area contributed by atoms with Crippen molar-refractivity contribution in [1.29, 1.82) is 0 Å². The van der Waals surface area contributed by atoms with Gasteiger partial charge in [-0.2, -0.15) is 0 Å². The third kappa shape index (κ3) is 6.39. The molecule has 23 heavy (non-hydrogen) atoms. The molecule has 1 N–H and O–H groups in total. The van der Waals surface area contributed by atoms with Crippen LogP contribution in [0.1, 0.15) is 25.7 Å². The second-order valence-corrected chi connectivity index (χ2v) is 6.81. The van der Waals surface area contributed by atoms with E-state index >= 15 is 0 Å². The van der Waals surface area contributed by atoms with Gasteiger partial charge in [0.1, 0.15) is 0 Å². The van der Waals surface area contributed by atoms with Crippen LogP contribution in [0.3, 0.4) is 0 Å². The highest BCUT2D eigenvalue weighted by molar-refractivity contribution is 5.85. The van der Waals surface area contributed by atoms with E-state index in [4.69, 9.17) is 4.74 Å². The molecule has 0 bridgehead atoms. The van der Waals surface area contributed by atoms with Gasteiger partial charge in [0.25, 0.3) is 0 Å². The lowest BCUT2D eigenvalue weighted by Gasteiger charge is -2.36. The van der Waals surface area contributed by atoms with Gasteiger partial charge < -0.3 is 15.0 Å². The maximum atomic E-state index is 12.3. The third-order valence-electron chi connectivity index (χ3n) is 5.19. The first-order valence-corrected chi connectivity index (χ1v) is 8.60. The van der Waals surface area contributed by atoms with E-state index in [1.807, 2.05) is 0 Å². The number of piperazine rings is 1. The minimum Gasteiger partial charge on any atom is -0.381 e. The summed E-state index contributed by atoms with van der Waals surface area (Å²) in [7, 11) is 0. The molecule has 3 aliphatic rings. The molecule has 1 amide bonds. The van der Waals surface area contributed by atoms with Crippen LogP contribution < -0.4 is 5.32 Å². The van der Waals surface area contributed by atoms with Crippen molar-refractivity contribution in [3.8, 4) is 0 Å². The molecule has 2 unspecified atom stereocenters. The van der Waals surface area contributed by atoms with E-state index < -0.39 is 0 Å². The van der Waals surface area contributed by atoms with Crippen LogP contribution >= 0.6 is 24.8 Å². The molecular weight excluding hydrogens is 337 g/mol. The van der Waals surface area contributed by atoms with E-state index in [-0.39, 0.29) is 24.8 Å². The van der Waals surface area contributed by atoms with Gasteiger partial charge >= 0.3 is 0 Å². The number of ether oxygens (including phenoxy) is 1. The van der Waals surface area contributed by atoms with Crippen LogP contribution in [0, 0.1) is 11.8 Å². The van der Waals surface area contributed by atoms with Crippen LogP contribution in [0.5, 0.6) is 0 Å². The average Bonchev–Trinajstić information content (AvgIpc) is 3.19. The Balaban J connectivity index is 0.00000132. The van der Waals surface area contributed by atoms with Gasteiger partial charge in [-0.25, -0.2) is 0 Å². The van der Waals surface area contributed by atoms with Gasteiger partial charge in [0.2, 0.25) is 5.91 Å². The Morgan fingerprint density at radius 3 is 2.48 bits per heavy atom. The number of carbonyl (C=O) groups is 1. The highest BCUT2D eigenvalue weighted by Crippen LogP contribution is 2.17. The summed E-state index contributed by atoms with van der Waals surface area (Å²) in [6.07, 6.45) is 4.24. The molecular formula is C16H31Cl2N3O2. The van der Waals surface area contributed by atoms with E-state index in [9.17, 15) is 4.79 Å². The molecule has 3 aliphatic heterocycles. The van der Waals surface area contributed by atoms with Gasteiger partial charge in [-0.1, -0.05) is 0 Å². The molecule has 136 valence electrons. The zero-order valence-electron chi connectivity index (χ0n) is 13.9. The van der Waals surface area contributed by atoms with E-state index in [0.29, 0.717) is 11.8 Å². The van der Waals surface area contributed by atoms with Crippen LogP contribution in [0.25, 0.3) is 0 Å². The van der Waals surface area contributed by atoms with Crippen molar-refractivity contribution >= 4 is 30.7 Å². The highest BCUT2D eigenvalue weighted by Gasteiger charge is 2.25. The zero-order chi connectivity index (χ0) is 14.5. The number of carbonyl (C=O) groups excluding carboxylic acids is 1. The number of amides is 1. The van der Waals surface area contributed by atoms with Gasteiger partial charge in [0.05, 0.1) is 6.61 Å². The molecule has 3 saturated heterocycles. The number of hydrogen-bond donors (Lipinski definition) is 1. The summed E-state index contributed by atoms with van der Waals surface area (Å²) in [6, 6.07) is 0. The van der Waals surface area contributed by atoms with Gasteiger partial charge in [-0.05, 0) is 44.2 Å². The van der Waals surface area contributed by atoms with Crippen LogP contribution in [0.2, 0.25) is 0 Å². The second kappa shape index (κ2) is 10.7. The van der Waals surface area contributed by atoms with Crippen molar-refractivity contribution in [2.75, 3.05) is 59.0 Å². The lowest BCUT2D eigenvalue weighted by atomic mass is 10.0. The quantitative estimate of drug-likeness (QED) is 0.797. The van der Waals surface area contributed by atoms with Crippen molar-refractivity contribution in [2.45, 2.75) is 25.7 Å². The first-order valence-electron chi connectivity index (χ1n) is 8.60. The Hall–Kier alpha value is -0.0700. The summed E-state index contributed by atoms with van der Waals surface area (Å²) in [5, 5.41) is 3.37. The summed E-state index contributed by atoms with van der Waals surface area (Å²) in [6.45, 7) is 9.13. The van der Waals surface area contributed by atoms with Gasteiger partial charge in [-0.15, -0.1) is 24.8 Å². The lowest BCUT2D eigenvalue weighted by Crippen LogP contribution is -2.49. The molecule has 3 heterocycles. The standard InChI is InChI=1S/C16H29N3O2.2ClH/c20-16(2-1-14-3-5-17-11-14)19-8-6-18(7-9-19)12-15-4-10-21-13-15;;/h14-15,17H,1-13H2;2*1H. The van der Waals surface area contributed by atoms with Gasteiger partial charge in [-0.3, -0.25) is 9.69 Å². The lowest BCUT2D eigenvalue weighted by molar-refractivity contribution is -0.133. The molecule has 0 aromatic carbocycles. The zero-order valence-corrected chi connectivity index (χ0v) is 15.5. The fraction of sp³-hybridized carbons (Fsp3) is 0.938. The highest BCUT2D eigenvalue weighted by atomic mass is 35.5. The van der Waals surface area contributed by atoms with E-state index in [0.717, 1.165) is 77.8 Å². The summed E-state index contributed by atoms with van der Waals surface area (Å²) >= 11 is 0. The van der Waals surface area contributed by atoms with Crippen molar-refractivity contribution in [2.24, 2.45) is 11.8 Å². The normalized spacial score (nSPS) is 28.3. The van der Waals surface area contributed by atoms with Crippen LogP contribution in [0.4, 0.5) is 0 Å². The minimum atomic E-state index is 0. The first-order chi connectivity index (χ1) is 10.3. The van der Waals surface area contributed by atoms with E-state index in [1.165, 1.54) is 12.8 Å². The number of hydrogen-bond acceptors (Lipinski definition) is 4. The first kappa shape index (κ1) is 21.0. The predicted molar refractivity (Wildman–Crippen MR) is 96.7 cm³/mol. The Morgan fingerprint density at radius 1 is 1.09 bits per heavy atom. The Labute approximate surface area is 152 Å². The van der Waals surface area contributed by atoms with Crippen molar-refractivity contribution in [3.63, 3.8) is 0 Å². The molecule has 0 aromatic rings. The topological polar surface area (TPSA) is 44.8 Å². The number of halogens is 2. The van der Waals surface area contributed by atoms with Gasteiger partial charge in [0, 0.05) is 45.8 Å². The molecule has 5 nitrogen and oxygen atoms in total. The van der Waals surface area contributed by atoms with Crippen LogP contribution in [-0.2, 0) is 9.53 Å². The maximum Gasteiger partial charge on any atom is 0.222 e. The van der Waals surface area contributed by atoms with E-state index in [1.54, 1.807) is 0 Å². The molecule has 2 atom stereocenters. The van der Waals surface area contributed by atoms with Gasteiger partial charge in [0.15, 0.2) is 0 Å². The molecule has 0 radical (unpaired) electrons. The molecule has 0 saturated carbocycles. The fourth-order valence-electron chi connectivity index (χ4n) is 3.72. The summed E-state index contributed by atoms with van der Waals surface area (Å²) in [5.74, 6) is 1.80. The molecule has 7 heteroatoms. The predicted octanol–water partition coefficient (Wildman–Crippen LogP) is 1.40. The number of nitrogens with zero attached hydrogens (tertiary/aromatic N) is 2. The monoisotopic (exact) mass is 367 g/mol. The van der Waals surface area contributed by atoms with Crippen LogP contribution in [-0.4, -0.2) is 74.7 Å². The smallest absolute Gasteiger partial charge is 0.222 e. The van der Waals surface area contributed by atoms with Crippen molar-refractivity contribution in [1.82, 2.24) is 15.1 Å². The van der Waals surface area contributed by atoms with Crippen molar-refractivity contribution in [3.05, 3.63) is 0 Å². The molecule has 0 aliphatic carbocycles. The second-order valence-electron chi connectivity index (χ2n) is 6.81. The number of nitrogens with one attached hydrogen (secondary N) is 1. The molecule has 0 aromatic heterocycles. The molecule has 3 fully saturated rings. The molecule has 0 spiro atoms. The SMILES string of the molecule is Cl.Cl.O=C(CCC1CCNC1)N1CCN(CC2CCOC2)CC1. The largest absolute Gasteiger partial charge is 0.381 e. The third-order valence-corrected chi connectivity index (χ3v) is 5.19. The fourth-order valence-corrected chi connectivity index (χ4v) is 3.72. The number of rotatable bonds is 5. The maximum absolute atomic E-state index is 12.3. The average molecular weight is 368 g/mol. The van der Waals surface area contributed by atoms with E-state index in [2.05, 4.69) is 15.1 Å². The van der Waals surface area contributed by atoms with Crippen LogP contribution in [0.15, 0.2) is 0 Å². The summed E-state index contributed by atoms with van der Waals surface area (Å²) < 4.78 is 5.44. The molecule has 3 rings (SSSR count).